The largest absolute Gasteiger partial charge is 0.425 e. The van der Waals surface area contributed by atoms with E-state index in [4.69, 9.17) is 9.15 Å². The average Bonchev–Trinajstić information content (AvgIpc) is 2.99. The second kappa shape index (κ2) is 6.20. The molecule has 0 amide bonds. The van der Waals surface area contributed by atoms with Gasteiger partial charge in [0.05, 0.1) is 25.7 Å². The summed E-state index contributed by atoms with van der Waals surface area (Å²) in [4.78, 5) is 6.92. The second-order valence-corrected chi connectivity index (χ2v) is 8.24. The van der Waals surface area contributed by atoms with E-state index in [1.165, 1.54) is 24.3 Å². The molecule has 0 spiro atoms. The van der Waals surface area contributed by atoms with Crippen molar-refractivity contribution in [2.24, 2.45) is 11.8 Å². The molecule has 128 valence electrons. The molecule has 24 heavy (non-hydrogen) atoms. The summed E-state index contributed by atoms with van der Waals surface area (Å²) in [7, 11) is 0. The van der Waals surface area contributed by atoms with E-state index in [-0.39, 0.29) is 6.10 Å². The lowest BCUT2D eigenvalue weighted by molar-refractivity contribution is 0.0793. The van der Waals surface area contributed by atoms with Gasteiger partial charge >= 0.3 is 0 Å². The van der Waals surface area contributed by atoms with Crippen LogP contribution < -0.4 is 0 Å². The number of nitrogens with zero attached hydrogens (tertiary/aromatic N) is 4. The van der Waals surface area contributed by atoms with Gasteiger partial charge in [-0.25, -0.2) is 4.98 Å². The molecule has 3 aliphatic rings. The Morgan fingerprint density at radius 2 is 2.21 bits per heavy atom. The fourth-order valence-electron chi connectivity index (χ4n) is 4.05. The summed E-state index contributed by atoms with van der Waals surface area (Å²) >= 11 is 1.74. The number of hydrogen-bond donors (Lipinski definition) is 0. The third-order valence-electron chi connectivity index (χ3n) is 5.51. The highest BCUT2D eigenvalue weighted by Gasteiger charge is 2.41. The maximum Gasteiger partial charge on any atom is 0.219 e. The van der Waals surface area contributed by atoms with Crippen LogP contribution in [0.1, 0.15) is 42.0 Å². The number of thiazole rings is 1. The van der Waals surface area contributed by atoms with Gasteiger partial charge in [-0.3, -0.25) is 4.90 Å². The van der Waals surface area contributed by atoms with Crippen molar-refractivity contribution in [3.8, 4) is 0 Å². The molecule has 3 fully saturated rings. The van der Waals surface area contributed by atoms with E-state index in [0.29, 0.717) is 17.8 Å². The SMILES string of the molecule is c1csc(CN2CC[C@@H]3[C@@H](CO[C@@H]3Cc3nnc(C4CC4)o3)C2)n1. The molecule has 2 aromatic heterocycles. The van der Waals surface area contributed by atoms with Gasteiger partial charge in [-0.1, -0.05) is 0 Å². The first-order valence-electron chi connectivity index (χ1n) is 8.90. The van der Waals surface area contributed by atoms with Crippen LogP contribution in [-0.4, -0.2) is 45.9 Å². The predicted octanol–water partition coefficient (Wildman–Crippen LogP) is 2.48. The Labute approximate surface area is 145 Å². The van der Waals surface area contributed by atoms with Gasteiger partial charge < -0.3 is 9.15 Å². The Bertz CT molecular complexity index is 685. The predicted molar refractivity (Wildman–Crippen MR) is 88.7 cm³/mol. The molecule has 1 saturated carbocycles. The quantitative estimate of drug-likeness (QED) is 0.829. The van der Waals surface area contributed by atoms with E-state index in [0.717, 1.165) is 44.4 Å². The molecule has 6 nitrogen and oxygen atoms in total. The van der Waals surface area contributed by atoms with Crippen molar-refractivity contribution >= 4 is 11.3 Å². The highest BCUT2D eigenvalue weighted by molar-refractivity contribution is 7.09. The lowest BCUT2D eigenvalue weighted by atomic mass is 9.83. The summed E-state index contributed by atoms with van der Waals surface area (Å²) in [5.41, 5.74) is 0. The number of rotatable bonds is 5. The minimum Gasteiger partial charge on any atom is -0.425 e. The third-order valence-corrected chi connectivity index (χ3v) is 6.27. The molecule has 2 saturated heterocycles. The van der Waals surface area contributed by atoms with Gasteiger partial charge in [-0.2, -0.15) is 0 Å². The van der Waals surface area contributed by atoms with Crippen LogP contribution in [0.3, 0.4) is 0 Å². The van der Waals surface area contributed by atoms with E-state index in [2.05, 4.69) is 25.5 Å². The van der Waals surface area contributed by atoms with Crippen molar-refractivity contribution in [2.75, 3.05) is 19.7 Å². The zero-order valence-corrected chi connectivity index (χ0v) is 14.5. The highest BCUT2D eigenvalue weighted by Crippen LogP contribution is 2.40. The molecule has 3 atom stereocenters. The first-order valence-corrected chi connectivity index (χ1v) is 9.78. The van der Waals surface area contributed by atoms with Crippen molar-refractivity contribution in [2.45, 2.75) is 44.2 Å². The van der Waals surface area contributed by atoms with Crippen molar-refractivity contribution in [3.05, 3.63) is 28.4 Å². The van der Waals surface area contributed by atoms with Crippen molar-refractivity contribution in [1.29, 1.82) is 0 Å². The van der Waals surface area contributed by atoms with Gasteiger partial charge in [0.15, 0.2) is 0 Å². The molecule has 7 heteroatoms. The van der Waals surface area contributed by atoms with Gasteiger partial charge in [0, 0.05) is 30.0 Å². The first kappa shape index (κ1) is 15.0. The number of fused-ring (bicyclic) bond motifs is 1. The first-order chi connectivity index (χ1) is 11.8. The molecule has 0 aromatic carbocycles. The fourth-order valence-corrected chi connectivity index (χ4v) is 4.71. The number of hydrogen-bond acceptors (Lipinski definition) is 7. The topological polar surface area (TPSA) is 64.3 Å². The van der Waals surface area contributed by atoms with E-state index < -0.39 is 0 Å². The Kier molecular flexibility index (Phi) is 3.87. The molecule has 0 bridgehead atoms. The van der Waals surface area contributed by atoms with Crippen LogP contribution in [0.2, 0.25) is 0 Å². The summed E-state index contributed by atoms with van der Waals surface area (Å²) in [6.45, 7) is 4.06. The molecule has 0 radical (unpaired) electrons. The summed E-state index contributed by atoms with van der Waals surface area (Å²) < 4.78 is 11.9. The Hall–Kier alpha value is -1.31. The van der Waals surface area contributed by atoms with Crippen LogP contribution >= 0.6 is 11.3 Å². The van der Waals surface area contributed by atoms with E-state index in [9.17, 15) is 0 Å². The molecule has 0 unspecified atom stereocenters. The fraction of sp³-hybridized carbons (Fsp3) is 0.706. The Morgan fingerprint density at radius 1 is 1.25 bits per heavy atom. The molecule has 0 N–H and O–H groups in total. The van der Waals surface area contributed by atoms with E-state index in [1.807, 2.05) is 6.20 Å². The van der Waals surface area contributed by atoms with Crippen molar-refractivity contribution in [1.82, 2.24) is 20.1 Å². The summed E-state index contributed by atoms with van der Waals surface area (Å²) in [6.07, 6.45) is 6.48. The number of piperidine rings is 1. The molecular weight excluding hydrogens is 324 g/mol. The molecule has 1 aliphatic carbocycles. The van der Waals surface area contributed by atoms with Gasteiger partial charge in [0.1, 0.15) is 5.01 Å². The molecule has 2 aliphatic heterocycles. The average molecular weight is 346 g/mol. The van der Waals surface area contributed by atoms with Gasteiger partial charge in [0.25, 0.3) is 0 Å². The van der Waals surface area contributed by atoms with Gasteiger partial charge in [0.2, 0.25) is 11.8 Å². The summed E-state index contributed by atoms with van der Waals surface area (Å²) in [5, 5.41) is 11.7. The van der Waals surface area contributed by atoms with E-state index >= 15 is 0 Å². The molecule has 2 aromatic rings. The zero-order valence-electron chi connectivity index (χ0n) is 13.6. The van der Waals surface area contributed by atoms with Crippen LogP contribution in [-0.2, 0) is 17.7 Å². The summed E-state index contributed by atoms with van der Waals surface area (Å²) in [5.74, 6) is 3.35. The molecule has 4 heterocycles. The van der Waals surface area contributed by atoms with Crippen LogP contribution in [0.15, 0.2) is 16.0 Å². The van der Waals surface area contributed by atoms with Gasteiger partial charge in [-0.15, -0.1) is 21.5 Å². The molecule has 5 rings (SSSR count). The van der Waals surface area contributed by atoms with Crippen LogP contribution in [0.5, 0.6) is 0 Å². The van der Waals surface area contributed by atoms with Gasteiger partial charge in [-0.05, 0) is 31.7 Å². The van der Waals surface area contributed by atoms with Crippen LogP contribution in [0.4, 0.5) is 0 Å². The monoisotopic (exact) mass is 346 g/mol. The normalized spacial score (nSPS) is 30.6. The maximum atomic E-state index is 6.11. The number of aromatic nitrogens is 3. The Morgan fingerprint density at radius 3 is 3.04 bits per heavy atom. The van der Waals surface area contributed by atoms with Crippen LogP contribution in [0.25, 0.3) is 0 Å². The lowest BCUT2D eigenvalue weighted by Gasteiger charge is -2.34. The smallest absolute Gasteiger partial charge is 0.219 e. The lowest BCUT2D eigenvalue weighted by Crippen LogP contribution is -2.41. The van der Waals surface area contributed by atoms with Crippen molar-refractivity contribution < 1.29 is 9.15 Å². The second-order valence-electron chi connectivity index (χ2n) is 7.26. The van der Waals surface area contributed by atoms with Crippen molar-refractivity contribution in [3.63, 3.8) is 0 Å². The third kappa shape index (κ3) is 3.00. The summed E-state index contributed by atoms with van der Waals surface area (Å²) in [6, 6.07) is 0. The minimum absolute atomic E-state index is 0.240. The standard InChI is InChI=1S/C17H22N4O2S/c1-2-11(1)17-20-19-15(23-17)7-14-13-3-5-21(8-12(13)10-22-14)9-16-18-4-6-24-16/h4,6,11-14H,1-3,5,7-10H2/t12-,13-,14-/m1/s1. The van der Waals surface area contributed by atoms with Crippen LogP contribution in [0, 0.1) is 11.8 Å². The Balaban J connectivity index is 1.19. The number of likely N-dealkylation sites (tertiary alicyclic amines) is 1. The number of ether oxygens (including phenoxy) is 1. The minimum atomic E-state index is 0.240. The maximum absolute atomic E-state index is 6.11. The highest BCUT2D eigenvalue weighted by atomic mass is 32.1. The van der Waals surface area contributed by atoms with E-state index in [1.54, 1.807) is 11.3 Å². The zero-order chi connectivity index (χ0) is 15.9. The molecular formula is C17H22N4O2S.